The van der Waals surface area contributed by atoms with E-state index in [-0.39, 0.29) is 8.98 Å². The molecule has 0 aliphatic carbocycles. The van der Waals surface area contributed by atoms with Crippen molar-refractivity contribution >= 4 is 58.0 Å². The fourth-order valence-corrected chi connectivity index (χ4v) is 0. The second-order valence-electron chi connectivity index (χ2n) is 0.521. The lowest BCUT2D eigenvalue weighted by Crippen LogP contribution is -1.47. The van der Waals surface area contributed by atoms with Crippen molar-refractivity contribution in [1.82, 2.24) is 0 Å². The van der Waals surface area contributed by atoms with Gasteiger partial charge in [-0.05, 0) is 0 Å². The van der Waals surface area contributed by atoms with Crippen LogP contribution in [0.4, 0.5) is 0 Å². The summed E-state index contributed by atoms with van der Waals surface area (Å²) < 4.78 is -0.198. The lowest BCUT2D eigenvalue weighted by Gasteiger charge is -1.75. The Bertz CT molecular complexity index is 57.7. The van der Waals surface area contributed by atoms with E-state index in [1.54, 1.807) is 0 Å². The van der Waals surface area contributed by atoms with E-state index in [0.717, 1.165) is 0 Å². The van der Waals surface area contributed by atoms with Crippen LogP contribution in [-0.4, -0.2) is 6.38 Å². The van der Waals surface area contributed by atoms with Gasteiger partial charge in [0.15, 0.2) is 0 Å². The van der Waals surface area contributed by atoms with Crippen molar-refractivity contribution in [3.05, 3.63) is 8.98 Å². The van der Waals surface area contributed by atoms with E-state index in [9.17, 15) is 0 Å². The highest BCUT2D eigenvalue weighted by atomic mass is 35.5. The molecule has 0 saturated carbocycles. The Labute approximate surface area is 73.3 Å². The Balaban J connectivity index is 0. The molecule has 8 heavy (non-hydrogen) atoms. The molecule has 0 rings (SSSR count). The molecule has 50 valence electrons. The molecule has 0 aliphatic heterocycles. The van der Waals surface area contributed by atoms with Crippen molar-refractivity contribution < 1.29 is 0 Å². The van der Waals surface area contributed by atoms with Crippen LogP contribution in [0.3, 0.4) is 0 Å². The summed E-state index contributed by atoms with van der Waals surface area (Å²) in [5.41, 5.74) is 0. The minimum absolute atomic E-state index is 0.0988. The van der Waals surface area contributed by atoms with Crippen LogP contribution in [0, 0.1) is 0 Å². The fraction of sp³-hybridized carbons (Fsp3) is 0.333. The maximum Gasteiger partial charge on any atom is 0.136 e. The molecule has 0 spiro atoms. The van der Waals surface area contributed by atoms with Gasteiger partial charge in [0.05, 0.1) is 0 Å². The molecule has 0 nitrogen and oxygen atoms in total. The molecule has 0 aromatic carbocycles. The fourth-order valence-electron chi connectivity index (χ4n) is 0. The minimum atomic E-state index is -0.0988. The summed E-state index contributed by atoms with van der Waals surface area (Å²) in [7, 11) is 0. The van der Waals surface area contributed by atoms with Crippen LogP contribution < -0.4 is 0 Å². The van der Waals surface area contributed by atoms with Gasteiger partial charge in [0.2, 0.25) is 0 Å². The van der Waals surface area contributed by atoms with Crippen LogP contribution in [0.2, 0.25) is 0 Å². The highest BCUT2D eigenvalue weighted by Gasteiger charge is 1.88. The second kappa shape index (κ2) is 8.19. The summed E-state index contributed by atoms with van der Waals surface area (Å²) in [5.74, 6) is 0. The lowest BCUT2D eigenvalue weighted by molar-refractivity contribution is 2.25. The standard InChI is InChI=1S/C2Cl4.CH3Cl/c3-1(4)2(5)6;1-2/h;1H3. The molecule has 0 aromatic rings. The van der Waals surface area contributed by atoms with Crippen LogP contribution in [0.5, 0.6) is 0 Å². The van der Waals surface area contributed by atoms with Crippen LogP contribution in [0.15, 0.2) is 8.98 Å². The summed E-state index contributed by atoms with van der Waals surface area (Å²) in [4.78, 5) is 0. The van der Waals surface area contributed by atoms with E-state index < -0.39 is 0 Å². The molecule has 0 unspecified atom stereocenters. The largest absolute Gasteiger partial charge is 0.136 e. The molecule has 0 bridgehead atoms. The molecule has 0 fully saturated rings. The SMILES string of the molecule is CCl.ClC(Cl)=C(Cl)Cl. The van der Waals surface area contributed by atoms with E-state index >= 15 is 0 Å². The molecule has 0 aliphatic rings. The van der Waals surface area contributed by atoms with Crippen LogP contribution >= 0.6 is 58.0 Å². The Morgan fingerprint density at radius 3 is 0.875 bits per heavy atom. The van der Waals surface area contributed by atoms with Gasteiger partial charge in [0.1, 0.15) is 8.98 Å². The van der Waals surface area contributed by atoms with Crippen molar-refractivity contribution in [3.63, 3.8) is 0 Å². The summed E-state index contributed by atoms with van der Waals surface area (Å²) >= 11 is 24.6. The van der Waals surface area contributed by atoms with Gasteiger partial charge in [0.25, 0.3) is 0 Å². The third kappa shape index (κ3) is 10.2. The summed E-state index contributed by atoms with van der Waals surface area (Å²) in [5, 5.41) is 0. The molecule has 0 heterocycles. The number of hydrogen-bond donors (Lipinski definition) is 0. The monoisotopic (exact) mass is 214 g/mol. The van der Waals surface area contributed by atoms with Crippen molar-refractivity contribution in [3.8, 4) is 0 Å². The number of hydrogen-bond acceptors (Lipinski definition) is 0. The van der Waals surface area contributed by atoms with Crippen LogP contribution in [0.25, 0.3) is 0 Å². The first-order chi connectivity index (χ1) is 3.64. The average Bonchev–Trinajstić information content (AvgIpc) is 1.72. The van der Waals surface area contributed by atoms with Crippen LogP contribution in [0.1, 0.15) is 0 Å². The van der Waals surface area contributed by atoms with Gasteiger partial charge >= 0.3 is 0 Å². The van der Waals surface area contributed by atoms with Gasteiger partial charge in [-0.2, -0.15) is 0 Å². The summed E-state index contributed by atoms with van der Waals surface area (Å²) in [6.07, 6.45) is 1.47. The lowest BCUT2D eigenvalue weighted by atomic mass is 11.2. The highest BCUT2D eigenvalue weighted by molar-refractivity contribution is 6.67. The third-order valence-corrected chi connectivity index (χ3v) is 1.29. The van der Waals surface area contributed by atoms with Gasteiger partial charge < -0.3 is 0 Å². The van der Waals surface area contributed by atoms with Crippen molar-refractivity contribution in [2.45, 2.75) is 0 Å². The Kier molecular flexibility index (Phi) is 12.2. The molecule has 0 radical (unpaired) electrons. The van der Waals surface area contributed by atoms with Crippen molar-refractivity contribution in [1.29, 1.82) is 0 Å². The maximum atomic E-state index is 4.99. The number of alkyl halides is 1. The molecule has 0 N–H and O–H groups in total. The topological polar surface area (TPSA) is 0 Å². The van der Waals surface area contributed by atoms with E-state index in [2.05, 4.69) is 11.6 Å². The smallest absolute Gasteiger partial charge is 0.130 e. The number of rotatable bonds is 0. The van der Waals surface area contributed by atoms with E-state index in [0.29, 0.717) is 0 Å². The first-order valence-electron chi connectivity index (χ1n) is 1.38. The molecular formula is C3H3Cl5. The average molecular weight is 216 g/mol. The van der Waals surface area contributed by atoms with Gasteiger partial charge in [-0.25, -0.2) is 0 Å². The summed E-state index contributed by atoms with van der Waals surface area (Å²) in [6, 6.07) is 0. The van der Waals surface area contributed by atoms with Gasteiger partial charge in [-0.15, -0.1) is 11.6 Å². The van der Waals surface area contributed by atoms with Gasteiger partial charge in [-0.3, -0.25) is 0 Å². The third-order valence-electron chi connectivity index (χ3n) is 0.143. The molecule has 0 atom stereocenters. The van der Waals surface area contributed by atoms with Gasteiger partial charge in [0, 0.05) is 6.38 Å². The predicted octanol–water partition coefficient (Wildman–Crippen LogP) is 3.92. The zero-order valence-electron chi connectivity index (χ0n) is 3.89. The zero-order chi connectivity index (χ0) is 7.15. The first kappa shape index (κ1) is 11.9. The zero-order valence-corrected chi connectivity index (χ0v) is 7.67. The first-order valence-corrected chi connectivity index (χ1v) is 3.65. The number of halogens is 5. The Hall–Kier alpha value is 1.19. The molecule has 0 saturated heterocycles. The molecule has 0 amide bonds. The quantitative estimate of drug-likeness (QED) is 0.538. The van der Waals surface area contributed by atoms with Crippen molar-refractivity contribution in [2.75, 3.05) is 6.38 Å². The van der Waals surface area contributed by atoms with E-state index in [1.807, 2.05) is 0 Å². The molecule has 0 aromatic heterocycles. The van der Waals surface area contributed by atoms with E-state index in [4.69, 9.17) is 46.4 Å². The second-order valence-corrected chi connectivity index (χ2v) is 2.42. The molecule has 5 heteroatoms. The Morgan fingerprint density at radius 1 is 0.750 bits per heavy atom. The molecular weight excluding hydrogens is 213 g/mol. The predicted molar refractivity (Wildman–Crippen MR) is 42.2 cm³/mol. The van der Waals surface area contributed by atoms with E-state index in [1.165, 1.54) is 6.38 Å². The Morgan fingerprint density at radius 2 is 0.875 bits per heavy atom. The van der Waals surface area contributed by atoms with Gasteiger partial charge in [-0.1, -0.05) is 46.4 Å². The minimum Gasteiger partial charge on any atom is -0.130 e. The van der Waals surface area contributed by atoms with Crippen molar-refractivity contribution in [2.24, 2.45) is 0 Å². The highest BCUT2D eigenvalue weighted by Crippen LogP contribution is 2.20. The maximum absolute atomic E-state index is 4.99. The summed E-state index contributed by atoms with van der Waals surface area (Å²) in [6.45, 7) is 0. The normalized spacial score (nSPS) is 6.75. The van der Waals surface area contributed by atoms with Crippen LogP contribution in [-0.2, 0) is 0 Å².